The average Bonchev–Trinajstić information content (AvgIpc) is 3.27. The third-order valence-corrected chi connectivity index (χ3v) is 7.13. The van der Waals surface area contributed by atoms with Crippen molar-refractivity contribution in [3.8, 4) is 16.3 Å². The van der Waals surface area contributed by atoms with E-state index in [4.69, 9.17) is 14.5 Å². The number of aryl methyl sites for hydroxylation is 2. The van der Waals surface area contributed by atoms with Crippen LogP contribution in [0, 0.1) is 6.92 Å². The minimum atomic E-state index is -4.36. The van der Waals surface area contributed by atoms with Crippen LogP contribution in [-0.4, -0.2) is 24.7 Å². The summed E-state index contributed by atoms with van der Waals surface area (Å²) in [6.45, 7) is 8.60. The normalized spacial score (nSPS) is 12.6. The third-order valence-electron chi connectivity index (χ3n) is 5.77. The van der Waals surface area contributed by atoms with Crippen molar-refractivity contribution in [2.45, 2.75) is 58.5 Å². The van der Waals surface area contributed by atoms with E-state index in [1.807, 2.05) is 25.1 Å². The Morgan fingerprint density at radius 2 is 1.77 bits per heavy atom. The molecule has 3 aromatic rings. The second-order valence-electron chi connectivity index (χ2n) is 8.87. The molecular weight excluding hydrogens is 475 g/mol. The molecular formula is C27H30F3NO3S. The SMILES string of the molecule is COC(=O)CCc1ccc(OCC(C)c2sc(-c3ccc(C(F)(F)F)cc3)nc2C(C)C)cc1C. The van der Waals surface area contributed by atoms with Crippen molar-refractivity contribution < 1.29 is 27.4 Å². The van der Waals surface area contributed by atoms with E-state index in [0.717, 1.165) is 39.6 Å². The molecule has 1 atom stereocenters. The number of alkyl halides is 3. The molecule has 8 heteroatoms. The monoisotopic (exact) mass is 505 g/mol. The number of esters is 1. The average molecular weight is 506 g/mol. The second kappa shape index (κ2) is 11.2. The van der Waals surface area contributed by atoms with E-state index < -0.39 is 11.7 Å². The standard InChI is InChI=1S/C27H30F3NO3S/c1-16(2)24-25(35-26(31-24)20-6-10-21(11-7-20)27(28,29)30)18(4)15-34-22-12-8-19(17(3)14-22)9-13-23(32)33-5/h6-8,10-12,14,16,18H,9,13,15H2,1-5H3. The van der Waals surface area contributed by atoms with E-state index in [9.17, 15) is 18.0 Å². The van der Waals surface area contributed by atoms with Gasteiger partial charge in [-0.05, 0) is 54.7 Å². The molecule has 0 radical (unpaired) electrons. The molecule has 0 aliphatic heterocycles. The number of carbonyl (C=O) groups excluding carboxylic acids is 1. The first-order chi connectivity index (χ1) is 16.5. The number of carbonyl (C=O) groups is 1. The fraction of sp³-hybridized carbons (Fsp3) is 0.407. The van der Waals surface area contributed by atoms with Gasteiger partial charge in [-0.1, -0.05) is 39.0 Å². The molecule has 1 aromatic heterocycles. The third kappa shape index (κ3) is 6.84. The number of hydrogen-bond acceptors (Lipinski definition) is 5. The minimum Gasteiger partial charge on any atom is -0.493 e. The number of methoxy groups -OCH3 is 1. The van der Waals surface area contributed by atoms with Crippen molar-refractivity contribution in [2.75, 3.05) is 13.7 Å². The fourth-order valence-corrected chi connectivity index (χ4v) is 4.97. The molecule has 4 nitrogen and oxygen atoms in total. The number of ether oxygens (including phenoxy) is 2. The van der Waals surface area contributed by atoms with E-state index in [1.54, 1.807) is 0 Å². The molecule has 0 spiro atoms. The van der Waals surface area contributed by atoms with Gasteiger partial charge < -0.3 is 9.47 Å². The van der Waals surface area contributed by atoms with Crippen molar-refractivity contribution in [1.82, 2.24) is 4.98 Å². The van der Waals surface area contributed by atoms with Gasteiger partial charge in [0.1, 0.15) is 10.8 Å². The largest absolute Gasteiger partial charge is 0.493 e. The van der Waals surface area contributed by atoms with Crippen LogP contribution in [0.1, 0.15) is 66.3 Å². The topological polar surface area (TPSA) is 48.4 Å². The first-order valence-electron chi connectivity index (χ1n) is 11.5. The second-order valence-corrected chi connectivity index (χ2v) is 9.91. The quantitative estimate of drug-likeness (QED) is 0.282. The molecule has 3 rings (SSSR count). The van der Waals surface area contributed by atoms with Gasteiger partial charge in [-0.25, -0.2) is 4.98 Å². The molecule has 0 saturated heterocycles. The maximum atomic E-state index is 12.9. The Labute approximate surface area is 208 Å². The zero-order valence-electron chi connectivity index (χ0n) is 20.5. The van der Waals surface area contributed by atoms with Gasteiger partial charge in [0.15, 0.2) is 0 Å². The summed E-state index contributed by atoms with van der Waals surface area (Å²) < 4.78 is 49.5. The van der Waals surface area contributed by atoms with Gasteiger partial charge in [0.05, 0.1) is 25.0 Å². The first-order valence-corrected chi connectivity index (χ1v) is 12.3. The number of halogens is 3. The Hall–Kier alpha value is -2.87. The Kier molecular flexibility index (Phi) is 8.59. The molecule has 2 aromatic carbocycles. The van der Waals surface area contributed by atoms with Crippen molar-refractivity contribution >= 4 is 17.3 Å². The molecule has 0 fully saturated rings. The van der Waals surface area contributed by atoms with Crippen LogP contribution in [0.4, 0.5) is 13.2 Å². The fourth-order valence-electron chi connectivity index (χ4n) is 3.71. The Balaban J connectivity index is 1.72. The summed E-state index contributed by atoms with van der Waals surface area (Å²) in [5.74, 6) is 0.727. The summed E-state index contributed by atoms with van der Waals surface area (Å²) in [6.07, 6.45) is -3.42. The Bertz CT molecular complexity index is 1150. The molecule has 0 saturated carbocycles. The van der Waals surface area contributed by atoms with Crippen LogP contribution in [0.5, 0.6) is 5.75 Å². The van der Waals surface area contributed by atoms with Gasteiger partial charge in [-0.3, -0.25) is 4.79 Å². The number of nitrogens with zero attached hydrogens (tertiary/aromatic N) is 1. The molecule has 1 heterocycles. The maximum Gasteiger partial charge on any atom is 0.416 e. The van der Waals surface area contributed by atoms with Crippen LogP contribution < -0.4 is 4.74 Å². The van der Waals surface area contributed by atoms with Gasteiger partial charge in [-0.15, -0.1) is 11.3 Å². The summed E-state index contributed by atoms with van der Waals surface area (Å²) >= 11 is 1.50. The van der Waals surface area contributed by atoms with E-state index in [1.165, 1.54) is 30.6 Å². The summed E-state index contributed by atoms with van der Waals surface area (Å²) in [7, 11) is 1.38. The highest BCUT2D eigenvalue weighted by Gasteiger charge is 2.30. The number of hydrogen-bond donors (Lipinski definition) is 0. The van der Waals surface area contributed by atoms with Crippen LogP contribution in [0.3, 0.4) is 0 Å². The van der Waals surface area contributed by atoms with E-state index in [2.05, 4.69) is 20.8 Å². The summed E-state index contributed by atoms with van der Waals surface area (Å²) in [4.78, 5) is 17.2. The molecule has 35 heavy (non-hydrogen) atoms. The predicted octanol–water partition coefficient (Wildman–Crippen LogP) is 7.55. The van der Waals surface area contributed by atoms with Gasteiger partial charge in [0.25, 0.3) is 0 Å². The lowest BCUT2D eigenvalue weighted by molar-refractivity contribution is -0.140. The number of rotatable bonds is 9. The lowest BCUT2D eigenvalue weighted by atomic mass is 10.0. The predicted molar refractivity (Wildman–Crippen MR) is 132 cm³/mol. The van der Waals surface area contributed by atoms with Crippen LogP contribution in [-0.2, 0) is 22.1 Å². The number of aromatic nitrogens is 1. The number of benzene rings is 2. The summed E-state index contributed by atoms with van der Waals surface area (Å²) in [5.41, 5.74) is 3.05. The van der Waals surface area contributed by atoms with Gasteiger partial charge in [-0.2, -0.15) is 13.2 Å². The molecule has 0 aliphatic carbocycles. The molecule has 0 bridgehead atoms. The van der Waals surface area contributed by atoms with Crippen molar-refractivity contribution in [2.24, 2.45) is 0 Å². The highest BCUT2D eigenvalue weighted by atomic mass is 32.1. The van der Waals surface area contributed by atoms with E-state index >= 15 is 0 Å². The Morgan fingerprint density at radius 3 is 2.34 bits per heavy atom. The zero-order valence-corrected chi connectivity index (χ0v) is 21.3. The van der Waals surface area contributed by atoms with Crippen LogP contribution in [0.15, 0.2) is 42.5 Å². The van der Waals surface area contributed by atoms with Crippen molar-refractivity contribution in [1.29, 1.82) is 0 Å². The molecule has 0 N–H and O–H groups in total. The lowest BCUT2D eigenvalue weighted by Crippen LogP contribution is -2.09. The van der Waals surface area contributed by atoms with E-state index in [0.29, 0.717) is 30.0 Å². The van der Waals surface area contributed by atoms with Gasteiger partial charge in [0, 0.05) is 22.8 Å². The van der Waals surface area contributed by atoms with Crippen LogP contribution in [0.25, 0.3) is 10.6 Å². The maximum absolute atomic E-state index is 12.9. The minimum absolute atomic E-state index is 0.0485. The highest BCUT2D eigenvalue weighted by molar-refractivity contribution is 7.15. The van der Waals surface area contributed by atoms with Crippen molar-refractivity contribution in [3.63, 3.8) is 0 Å². The van der Waals surface area contributed by atoms with Crippen LogP contribution >= 0.6 is 11.3 Å². The van der Waals surface area contributed by atoms with E-state index in [-0.39, 0.29) is 17.8 Å². The first kappa shape index (κ1) is 26.7. The van der Waals surface area contributed by atoms with Crippen molar-refractivity contribution in [3.05, 3.63) is 69.7 Å². The molecule has 0 amide bonds. The van der Waals surface area contributed by atoms with Gasteiger partial charge >= 0.3 is 12.1 Å². The van der Waals surface area contributed by atoms with Gasteiger partial charge in [0.2, 0.25) is 0 Å². The lowest BCUT2D eigenvalue weighted by Gasteiger charge is -2.15. The molecule has 188 valence electrons. The molecule has 0 aliphatic rings. The van der Waals surface area contributed by atoms with Crippen LogP contribution in [0.2, 0.25) is 0 Å². The zero-order chi connectivity index (χ0) is 25.8. The Morgan fingerprint density at radius 1 is 1.09 bits per heavy atom. The highest BCUT2D eigenvalue weighted by Crippen LogP contribution is 2.38. The summed E-state index contributed by atoms with van der Waals surface area (Å²) in [6, 6.07) is 11.0. The number of thiazole rings is 1. The molecule has 1 unspecified atom stereocenters. The smallest absolute Gasteiger partial charge is 0.416 e. The summed E-state index contributed by atoms with van der Waals surface area (Å²) in [5, 5.41) is 0.704.